The number of carbonyl (C=O) groups excluding carboxylic acids is 1. The van der Waals surface area contributed by atoms with E-state index in [4.69, 9.17) is 4.74 Å². The summed E-state index contributed by atoms with van der Waals surface area (Å²) in [6.45, 7) is 4.57. The molecule has 0 aliphatic heterocycles. The smallest absolute Gasteiger partial charge is 0.315 e. The van der Waals surface area contributed by atoms with Crippen LogP contribution in [-0.4, -0.2) is 29.0 Å². The number of hydrogen-bond donors (Lipinski definition) is 2. The Morgan fingerprint density at radius 1 is 1.18 bits per heavy atom. The van der Waals surface area contributed by atoms with Crippen LogP contribution >= 0.6 is 0 Å². The number of benzene rings is 2. The van der Waals surface area contributed by atoms with E-state index >= 15 is 0 Å². The molecule has 2 aromatic carbocycles. The molecule has 3 aromatic rings. The Morgan fingerprint density at radius 3 is 2.61 bits per heavy atom. The van der Waals surface area contributed by atoms with Crippen molar-refractivity contribution >= 4 is 6.03 Å². The van der Waals surface area contributed by atoms with Crippen LogP contribution < -0.4 is 15.4 Å². The van der Waals surface area contributed by atoms with E-state index in [1.165, 1.54) is 12.1 Å². The van der Waals surface area contributed by atoms with Crippen LogP contribution in [0.25, 0.3) is 5.69 Å². The van der Waals surface area contributed by atoms with E-state index in [-0.39, 0.29) is 17.9 Å². The first-order valence-electron chi connectivity index (χ1n) is 9.07. The second kappa shape index (κ2) is 9.03. The van der Waals surface area contributed by atoms with Gasteiger partial charge in [-0.3, -0.25) is 0 Å². The van der Waals surface area contributed by atoms with Gasteiger partial charge in [0.25, 0.3) is 0 Å². The van der Waals surface area contributed by atoms with Crippen molar-refractivity contribution in [2.75, 3.05) is 13.2 Å². The summed E-state index contributed by atoms with van der Waals surface area (Å²) < 4.78 is 20.4. The molecule has 1 aromatic heterocycles. The minimum absolute atomic E-state index is 0.232. The SMILES string of the molecule is Cc1c([C@@H](C)NC(=O)NCCOc2ccccc2)cnn1-c1ccc(F)cc1. The lowest BCUT2D eigenvalue weighted by Gasteiger charge is -2.15. The summed E-state index contributed by atoms with van der Waals surface area (Å²) in [6, 6.07) is 15.0. The molecule has 1 atom stereocenters. The van der Waals surface area contributed by atoms with E-state index < -0.39 is 0 Å². The molecule has 146 valence electrons. The van der Waals surface area contributed by atoms with Gasteiger partial charge in [-0.1, -0.05) is 18.2 Å². The molecule has 0 saturated carbocycles. The van der Waals surface area contributed by atoms with Gasteiger partial charge >= 0.3 is 6.03 Å². The van der Waals surface area contributed by atoms with Gasteiger partial charge in [-0.25, -0.2) is 13.9 Å². The zero-order chi connectivity index (χ0) is 19.9. The number of amides is 2. The molecule has 0 aliphatic carbocycles. The normalized spacial score (nSPS) is 11.7. The lowest BCUT2D eigenvalue weighted by molar-refractivity contribution is 0.233. The van der Waals surface area contributed by atoms with Gasteiger partial charge < -0.3 is 15.4 Å². The molecule has 0 aliphatic rings. The molecular weight excluding hydrogens is 359 g/mol. The predicted molar refractivity (Wildman–Crippen MR) is 105 cm³/mol. The summed E-state index contributed by atoms with van der Waals surface area (Å²) in [6.07, 6.45) is 1.71. The maximum atomic E-state index is 13.1. The predicted octanol–water partition coefficient (Wildman–Crippen LogP) is 3.76. The minimum Gasteiger partial charge on any atom is -0.492 e. The average molecular weight is 382 g/mol. The summed E-state index contributed by atoms with van der Waals surface area (Å²) in [5.74, 6) is 0.471. The molecule has 6 nitrogen and oxygen atoms in total. The highest BCUT2D eigenvalue weighted by molar-refractivity contribution is 5.74. The first kappa shape index (κ1) is 19.4. The van der Waals surface area contributed by atoms with Crippen LogP contribution in [0.5, 0.6) is 5.75 Å². The summed E-state index contributed by atoms with van der Waals surface area (Å²) in [7, 11) is 0. The largest absolute Gasteiger partial charge is 0.492 e. The molecule has 3 rings (SSSR count). The quantitative estimate of drug-likeness (QED) is 0.612. The monoisotopic (exact) mass is 382 g/mol. The molecule has 0 fully saturated rings. The van der Waals surface area contributed by atoms with Gasteiger partial charge in [-0.05, 0) is 50.2 Å². The fraction of sp³-hybridized carbons (Fsp3) is 0.238. The van der Waals surface area contributed by atoms with E-state index in [0.717, 1.165) is 22.7 Å². The highest BCUT2D eigenvalue weighted by Crippen LogP contribution is 2.20. The van der Waals surface area contributed by atoms with E-state index in [2.05, 4.69) is 15.7 Å². The number of ether oxygens (including phenoxy) is 1. The highest BCUT2D eigenvalue weighted by atomic mass is 19.1. The molecule has 2 N–H and O–H groups in total. The van der Waals surface area contributed by atoms with Gasteiger partial charge in [-0.15, -0.1) is 0 Å². The average Bonchev–Trinajstić information content (AvgIpc) is 3.08. The first-order chi connectivity index (χ1) is 13.5. The Labute approximate surface area is 163 Å². The van der Waals surface area contributed by atoms with Gasteiger partial charge in [0.15, 0.2) is 0 Å². The summed E-state index contributed by atoms with van der Waals surface area (Å²) >= 11 is 0. The number of urea groups is 1. The van der Waals surface area contributed by atoms with Gasteiger partial charge in [0.05, 0.1) is 24.5 Å². The topological polar surface area (TPSA) is 68.2 Å². The minimum atomic E-state index is -0.295. The van der Waals surface area contributed by atoms with Crippen molar-refractivity contribution in [1.82, 2.24) is 20.4 Å². The molecule has 0 radical (unpaired) electrons. The summed E-state index contributed by atoms with van der Waals surface area (Å²) in [4.78, 5) is 12.1. The molecule has 0 spiro atoms. The van der Waals surface area contributed by atoms with E-state index in [1.807, 2.05) is 44.2 Å². The van der Waals surface area contributed by atoms with E-state index in [9.17, 15) is 9.18 Å². The third-order valence-electron chi connectivity index (χ3n) is 4.33. The standard InChI is InChI=1S/C21H23FN4O2/c1-15(25-21(27)23-12-13-28-19-6-4-3-5-7-19)20-14-24-26(16(20)2)18-10-8-17(22)9-11-18/h3-11,14-15H,12-13H2,1-2H3,(H2,23,25,27)/t15-/m1/s1. The number of hydrogen-bond acceptors (Lipinski definition) is 3. The van der Waals surface area contributed by atoms with Crippen LogP contribution in [0.4, 0.5) is 9.18 Å². The Kier molecular flexibility index (Phi) is 6.26. The fourth-order valence-corrected chi connectivity index (χ4v) is 2.87. The van der Waals surface area contributed by atoms with Crippen molar-refractivity contribution < 1.29 is 13.9 Å². The molecule has 2 amide bonds. The van der Waals surface area contributed by atoms with Gasteiger partial charge in [0.2, 0.25) is 0 Å². The number of para-hydroxylation sites is 1. The van der Waals surface area contributed by atoms with Crippen LogP contribution in [0.2, 0.25) is 0 Å². The second-order valence-electron chi connectivity index (χ2n) is 6.36. The third-order valence-corrected chi connectivity index (χ3v) is 4.33. The van der Waals surface area contributed by atoms with Crippen LogP contribution in [0.1, 0.15) is 24.2 Å². The van der Waals surface area contributed by atoms with Gasteiger partial charge in [-0.2, -0.15) is 5.10 Å². The van der Waals surface area contributed by atoms with Crippen molar-refractivity contribution in [1.29, 1.82) is 0 Å². The van der Waals surface area contributed by atoms with E-state index in [0.29, 0.717) is 13.2 Å². The van der Waals surface area contributed by atoms with Gasteiger partial charge in [0.1, 0.15) is 18.2 Å². The van der Waals surface area contributed by atoms with E-state index in [1.54, 1.807) is 23.0 Å². The maximum Gasteiger partial charge on any atom is 0.315 e. The third kappa shape index (κ3) is 4.88. The van der Waals surface area contributed by atoms with Crippen LogP contribution in [0.15, 0.2) is 60.8 Å². The lowest BCUT2D eigenvalue weighted by Crippen LogP contribution is -2.39. The fourth-order valence-electron chi connectivity index (χ4n) is 2.87. The van der Waals surface area contributed by atoms with Crippen molar-refractivity contribution in [3.8, 4) is 11.4 Å². The number of rotatable bonds is 7. The summed E-state index contributed by atoms with van der Waals surface area (Å²) in [5, 5.41) is 10.0. The van der Waals surface area contributed by atoms with Gasteiger partial charge in [0, 0.05) is 11.3 Å². The number of carbonyl (C=O) groups is 1. The van der Waals surface area contributed by atoms with Crippen LogP contribution in [-0.2, 0) is 0 Å². The first-order valence-corrected chi connectivity index (χ1v) is 9.07. The van der Waals surface area contributed by atoms with Crippen molar-refractivity contribution in [2.45, 2.75) is 19.9 Å². The molecule has 28 heavy (non-hydrogen) atoms. The number of aromatic nitrogens is 2. The lowest BCUT2D eigenvalue weighted by atomic mass is 10.1. The second-order valence-corrected chi connectivity index (χ2v) is 6.36. The molecule has 7 heteroatoms. The summed E-state index contributed by atoms with van der Waals surface area (Å²) in [5.41, 5.74) is 2.53. The Balaban J connectivity index is 1.51. The van der Waals surface area contributed by atoms with Crippen LogP contribution in [0.3, 0.4) is 0 Å². The Bertz CT molecular complexity index is 910. The number of nitrogens with zero attached hydrogens (tertiary/aromatic N) is 2. The van der Waals surface area contributed by atoms with Crippen molar-refractivity contribution in [3.63, 3.8) is 0 Å². The van der Waals surface area contributed by atoms with Crippen molar-refractivity contribution in [3.05, 3.63) is 77.9 Å². The number of halogens is 1. The maximum absolute atomic E-state index is 13.1. The number of nitrogens with one attached hydrogen (secondary N) is 2. The zero-order valence-corrected chi connectivity index (χ0v) is 15.9. The molecule has 0 unspecified atom stereocenters. The van der Waals surface area contributed by atoms with Crippen LogP contribution in [0, 0.1) is 12.7 Å². The molecular formula is C21H23FN4O2. The Hall–Kier alpha value is -3.35. The molecule has 0 bridgehead atoms. The highest BCUT2D eigenvalue weighted by Gasteiger charge is 2.16. The van der Waals surface area contributed by atoms with Crippen molar-refractivity contribution in [2.24, 2.45) is 0 Å². The Morgan fingerprint density at radius 2 is 1.89 bits per heavy atom. The molecule has 0 saturated heterocycles. The molecule has 1 heterocycles. The zero-order valence-electron chi connectivity index (χ0n) is 15.9.